The first-order valence-electron chi connectivity index (χ1n) is 15.8. The Labute approximate surface area is 292 Å². The largest absolute Gasteiger partial charge is 0.497 e. The van der Waals surface area contributed by atoms with Gasteiger partial charge in [0.25, 0.3) is 15.7 Å². The van der Waals surface area contributed by atoms with Crippen LogP contribution in [0.5, 0.6) is 11.5 Å². The molecule has 0 heterocycles. The van der Waals surface area contributed by atoms with E-state index < -0.39 is 44.9 Å². The Morgan fingerprint density at radius 1 is 0.860 bits per heavy atom. The van der Waals surface area contributed by atoms with Crippen LogP contribution >= 0.6 is 0 Å². The van der Waals surface area contributed by atoms with E-state index >= 15 is 0 Å². The molecule has 4 rings (SSSR count). The number of sulfonamides is 1. The molecule has 0 spiro atoms. The van der Waals surface area contributed by atoms with Gasteiger partial charge in [-0.25, -0.2) is 8.42 Å². The van der Waals surface area contributed by atoms with Crippen LogP contribution in [0.4, 0.5) is 11.4 Å². The highest BCUT2D eigenvalue weighted by molar-refractivity contribution is 7.92. The number of nitro groups is 1. The molecule has 0 fully saturated rings. The number of benzene rings is 4. The Balaban J connectivity index is 1.87. The highest BCUT2D eigenvalue weighted by atomic mass is 32.2. The molecule has 0 aliphatic carbocycles. The van der Waals surface area contributed by atoms with Gasteiger partial charge in [-0.3, -0.25) is 24.0 Å². The predicted octanol–water partition coefficient (Wildman–Crippen LogP) is 5.67. The molecule has 1 N–H and O–H groups in total. The summed E-state index contributed by atoms with van der Waals surface area (Å²) in [6, 6.07) is 24.8. The first kappa shape index (κ1) is 37.4. The van der Waals surface area contributed by atoms with E-state index in [9.17, 15) is 28.1 Å². The summed E-state index contributed by atoms with van der Waals surface area (Å²) in [5, 5.41) is 14.8. The molecule has 0 unspecified atom stereocenters. The van der Waals surface area contributed by atoms with Gasteiger partial charge in [-0.2, -0.15) is 0 Å². The maximum atomic E-state index is 14.7. The molecule has 0 bridgehead atoms. The van der Waals surface area contributed by atoms with E-state index in [2.05, 4.69) is 5.32 Å². The quantitative estimate of drug-likeness (QED) is 0.131. The Kier molecular flexibility index (Phi) is 11.9. The van der Waals surface area contributed by atoms with Crippen LogP contribution in [0.25, 0.3) is 0 Å². The molecular weight excluding hydrogens is 660 g/mol. The second-order valence-electron chi connectivity index (χ2n) is 12.7. The number of anilines is 1. The van der Waals surface area contributed by atoms with Gasteiger partial charge < -0.3 is 19.7 Å². The van der Waals surface area contributed by atoms with Crippen LogP contribution in [-0.4, -0.2) is 62.4 Å². The number of hydrogen-bond acceptors (Lipinski definition) is 8. The van der Waals surface area contributed by atoms with Crippen molar-refractivity contribution in [3.63, 3.8) is 0 Å². The van der Waals surface area contributed by atoms with E-state index in [0.717, 1.165) is 15.9 Å². The van der Waals surface area contributed by atoms with Crippen LogP contribution in [0.2, 0.25) is 0 Å². The number of aryl methyl sites for hydroxylation is 1. The van der Waals surface area contributed by atoms with Crippen molar-refractivity contribution in [3.05, 3.63) is 124 Å². The van der Waals surface area contributed by atoms with Crippen molar-refractivity contribution in [2.75, 3.05) is 25.1 Å². The Morgan fingerprint density at radius 3 is 2.10 bits per heavy atom. The zero-order valence-electron chi connectivity index (χ0n) is 29.0. The number of carbonyl (C=O) groups excluding carboxylic acids is 2. The van der Waals surface area contributed by atoms with Crippen molar-refractivity contribution in [2.24, 2.45) is 0 Å². The summed E-state index contributed by atoms with van der Waals surface area (Å²) < 4.78 is 40.3. The van der Waals surface area contributed by atoms with Gasteiger partial charge in [0.15, 0.2) is 0 Å². The summed E-state index contributed by atoms with van der Waals surface area (Å²) >= 11 is 0. The van der Waals surface area contributed by atoms with E-state index in [1.165, 1.54) is 50.3 Å². The van der Waals surface area contributed by atoms with Gasteiger partial charge in [0, 0.05) is 30.1 Å². The molecule has 1 atom stereocenters. The molecule has 0 aliphatic heterocycles. The molecule has 264 valence electrons. The Morgan fingerprint density at radius 2 is 1.50 bits per heavy atom. The highest BCUT2D eigenvalue weighted by Crippen LogP contribution is 2.30. The molecule has 0 saturated heterocycles. The zero-order valence-corrected chi connectivity index (χ0v) is 29.8. The molecule has 0 saturated carbocycles. The molecule has 2 amide bonds. The SMILES string of the molecule is COc1ccc(N(CC(=O)N(Cc2cccc(OC)c2)[C@H](Cc2ccccc2)C(=O)NC(C)(C)C)S(=O)(=O)c2ccc(C)c([N+](=O)[O-])c2)cc1. The lowest BCUT2D eigenvalue weighted by Gasteiger charge is -2.35. The number of nitrogens with zero attached hydrogens (tertiary/aromatic N) is 3. The van der Waals surface area contributed by atoms with Crippen LogP contribution in [0.3, 0.4) is 0 Å². The summed E-state index contributed by atoms with van der Waals surface area (Å²) in [5.74, 6) is -0.119. The van der Waals surface area contributed by atoms with Gasteiger partial charge in [-0.15, -0.1) is 0 Å². The van der Waals surface area contributed by atoms with Crippen molar-refractivity contribution < 1.29 is 32.4 Å². The van der Waals surface area contributed by atoms with E-state index in [-0.39, 0.29) is 34.8 Å². The third-order valence-electron chi connectivity index (χ3n) is 7.86. The van der Waals surface area contributed by atoms with E-state index in [0.29, 0.717) is 17.1 Å². The van der Waals surface area contributed by atoms with Gasteiger partial charge in [-0.1, -0.05) is 48.5 Å². The summed E-state index contributed by atoms with van der Waals surface area (Å²) in [6.07, 6.45) is 0.137. The fourth-order valence-electron chi connectivity index (χ4n) is 5.33. The second kappa shape index (κ2) is 15.9. The normalized spacial score (nSPS) is 12.0. The minimum absolute atomic E-state index is 0.0579. The van der Waals surface area contributed by atoms with E-state index in [1.54, 1.807) is 36.4 Å². The molecule has 4 aromatic carbocycles. The average molecular weight is 703 g/mol. The van der Waals surface area contributed by atoms with Gasteiger partial charge in [0.05, 0.1) is 29.7 Å². The second-order valence-corrected chi connectivity index (χ2v) is 14.6. The number of carbonyl (C=O) groups is 2. The van der Waals surface area contributed by atoms with Crippen LogP contribution in [-0.2, 0) is 32.6 Å². The Bertz CT molecular complexity index is 1930. The number of nitro benzene ring substituents is 1. The van der Waals surface area contributed by atoms with E-state index in [1.807, 2.05) is 51.1 Å². The first-order chi connectivity index (χ1) is 23.6. The lowest BCUT2D eigenvalue weighted by Crippen LogP contribution is -2.56. The number of methoxy groups -OCH3 is 2. The third kappa shape index (κ3) is 9.38. The molecule has 0 aliphatic rings. The molecular formula is C37H42N4O8S. The first-order valence-corrected chi connectivity index (χ1v) is 17.3. The summed E-state index contributed by atoms with van der Waals surface area (Å²) in [5.41, 5.74) is 0.800. The van der Waals surface area contributed by atoms with Crippen LogP contribution in [0, 0.1) is 17.0 Å². The molecule has 50 heavy (non-hydrogen) atoms. The van der Waals surface area contributed by atoms with Crippen molar-refractivity contribution in [1.82, 2.24) is 10.2 Å². The minimum Gasteiger partial charge on any atom is -0.497 e. The lowest BCUT2D eigenvalue weighted by molar-refractivity contribution is -0.385. The highest BCUT2D eigenvalue weighted by Gasteiger charge is 2.36. The van der Waals surface area contributed by atoms with Gasteiger partial charge in [-0.05, 0) is 81.3 Å². The van der Waals surface area contributed by atoms with Crippen LogP contribution < -0.4 is 19.1 Å². The van der Waals surface area contributed by atoms with Crippen LogP contribution in [0.1, 0.15) is 37.5 Å². The number of nitrogens with one attached hydrogen (secondary N) is 1. The molecule has 0 radical (unpaired) electrons. The van der Waals surface area contributed by atoms with Crippen molar-refractivity contribution in [3.8, 4) is 11.5 Å². The molecule has 0 aromatic heterocycles. The summed E-state index contributed by atoms with van der Waals surface area (Å²) in [6.45, 7) is 6.21. The fraction of sp³-hybridized carbons (Fsp3) is 0.297. The zero-order chi connectivity index (χ0) is 36.6. The fourth-order valence-corrected chi connectivity index (χ4v) is 6.76. The molecule has 4 aromatic rings. The number of hydrogen-bond donors (Lipinski definition) is 1. The smallest absolute Gasteiger partial charge is 0.273 e. The third-order valence-corrected chi connectivity index (χ3v) is 9.63. The minimum atomic E-state index is -4.57. The number of amides is 2. The maximum Gasteiger partial charge on any atom is 0.273 e. The van der Waals surface area contributed by atoms with Gasteiger partial charge >= 0.3 is 0 Å². The monoisotopic (exact) mass is 702 g/mol. The van der Waals surface area contributed by atoms with Gasteiger partial charge in [0.1, 0.15) is 24.1 Å². The van der Waals surface area contributed by atoms with Gasteiger partial charge in [0.2, 0.25) is 11.8 Å². The van der Waals surface area contributed by atoms with Crippen molar-refractivity contribution >= 4 is 33.2 Å². The van der Waals surface area contributed by atoms with E-state index in [4.69, 9.17) is 9.47 Å². The molecule has 12 nitrogen and oxygen atoms in total. The standard InChI is InChI=1S/C37H42N4O8S/c1-26-15-20-32(23-33(26)41(44)45)50(46,47)40(29-16-18-30(48-5)19-17-29)25-35(42)39(24-28-13-10-14-31(21-28)49-6)34(36(43)38-37(2,3)4)22-27-11-8-7-9-12-27/h7-21,23,34H,22,24-25H2,1-6H3,(H,38,43)/t34-/m1/s1. The number of rotatable bonds is 14. The number of ether oxygens (including phenoxy) is 2. The topological polar surface area (TPSA) is 148 Å². The predicted molar refractivity (Wildman–Crippen MR) is 191 cm³/mol. The summed E-state index contributed by atoms with van der Waals surface area (Å²) in [4.78, 5) is 40.9. The molecule has 13 heteroatoms. The summed E-state index contributed by atoms with van der Waals surface area (Å²) in [7, 11) is -1.59. The Hall–Kier alpha value is -5.43. The van der Waals surface area contributed by atoms with Crippen molar-refractivity contribution in [2.45, 2.75) is 57.1 Å². The average Bonchev–Trinajstić information content (AvgIpc) is 3.08. The lowest BCUT2D eigenvalue weighted by atomic mass is 10.0. The van der Waals surface area contributed by atoms with Crippen molar-refractivity contribution in [1.29, 1.82) is 0 Å². The van der Waals surface area contributed by atoms with Crippen LogP contribution in [0.15, 0.2) is 102 Å². The maximum absolute atomic E-state index is 14.7.